The number of rotatable bonds is 10. The van der Waals surface area contributed by atoms with Crippen molar-refractivity contribution in [2.24, 2.45) is 5.92 Å². The predicted molar refractivity (Wildman–Crippen MR) is 86.0 cm³/mol. The van der Waals surface area contributed by atoms with Crippen LogP contribution in [0.15, 0.2) is 24.3 Å². The molecule has 0 aliphatic carbocycles. The van der Waals surface area contributed by atoms with Crippen LogP contribution in [0.1, 0.15) is 44.6 Å². The van der Waals surface area contributed by atoms with E-state index >= 15 is 0 Å². The van der Waals surface area contributed by atoms with Crippen molar-refractivity contribution in [3.8, 4) is 0 Å². The van der Waals surface area contributed by atoms with Crippen molar-refractivity contribution in [3.05, 3.63) is 34.9 Å². The maximum Gasteiger partial charge on any atom is 0.320 e. The standard InChI is InChI=1S/C17H23ClO4/c1-2-22-17(21)15(16(19)20)8-6-4-3-5-7-13-9-11-14(18)12-10-13/h9-12,15H,2-8H2,1H3,(H,19,20). The van der Waals surface area contributed by atoms with Crippen LogP contribution in [0.3, 0.4) is 0 Å². The van der Waals surface area contributed by atoms with Crippen molar-refractivity contribution >= 4 is 23.5 Å². The molecule has 0 fully saturated rings. The minimum Gasteiger partial charge on any atom is -0.481 e. The van der Waals surface area contributed by atoms with Gasteiger partial charge >= 0.3 is 11.9 Å². The van der Waals surface area contributed by atoms with E-state index in [-0.39, 0.29) is 6.61 Å². The van der Waals surface area contributed by atoms with E-state index in [1.54, 1.807) is 6.92 Å². The van der Waals surface area contributed by atoms with Gasteiger partial charge in [0, 0.05) is 5.02 Å². The normalized spacial score (nSPS) is 11.9. The highest BCUT2D eigenvalue weighted by Crippen LogP contribution is 2.15. The summed E-state index contributed by atoms with van der Waals surface area (Å²) in [5.74, 6) is -2.76. The third kappa shape index (κ3) is 6.94. The van der Waals surface area contributed by atoms with Crippen molar-refractivity contribution in [1.29, 1.82) is 0 Å². The first kappa shape index (κ1) is 18.5. The number of aliphatic carboxylic acids is 1. The Morgan fingerprint density at radius 2 is 1.77 bits per heavy atom. The topological polar surface area (TPSA) is 63.6 Å². The van der Waals surface area contributed by atoms with Crippen LogP contribution in [0, 0.1) is 5.92 Å². The maximum atomic E-state index is 11.5. The van der Waals surface area contributed by atoms with Crippen molar-refractivity contribution < 1.29 is 19.4 Å². The van der Waals surface area contributed by atoms with Crippen LogP contribution in [0.25, 0.3) is 0 Å². The molecule has 0 bridgehead atoms. The Bertz CT molecular complexity index is 470. The first-order chi connectivity index (χ1) is 10.5. The first-order valence-electron chi connectivity index (χ1n) is 7.68. The van der Waals surface area contributed by atoms with Gasteiger partial charge in [0.2, 0.25) is 0 Å². The summed E-state index contributed by atoms with van der Waals surface area (Å²) in [5.41, 5.74) is 1.25. The van der Waals surface area contributed by atoms with Crippen molar-refractivity contribution in [3.63, 3.8) is 0 Å². The maximum absolute atomic E-state index is 11.5. The molecule has 0 saturated heterocycles. The molecule has 1 rings (SSSR count). The molecule has 22 heavy (non-hydrogen) atoms. The van der Waals surface area contributed by atoms with Gasteiger partial charge in [-0.15, -0.1) is 0 Å². The molecule has 5 heteroatoms. The number of esters is 1. The summed E-state index contributed by atoms with van der Waals surface area (Å²) in [6, 6.07) is 7.80. The molecule has 0 aliphatic rings. The summed E-state index contributed by atoms with van der Waals surface area (Å²) in [4.78, 5) is 22.5. The lowest BCUT2D eigenvalue weighted by molar-refractivity contribution is -0.158. The smallest absolute Gasteiger partial charge is 0.320 e. The summed E-state index contributed by atoms with van der Waals surface area (Å²) >= 11 is 5.83. The van der Waals surface area contributed by atoms with Gasteiger partial charge in [0.1, 0.15) is 0 Å². The van der Waals surface area contributed by atoms with Crippen LogP contribution in [0.2, 0.25) is 5.02 Å². The van der Waals surface area contributed by atoms with Crippen molar-refractivity contribution in [2.75, 3.05) is 6.61 Å². The Kier molecular flexibility index (Phi) is 8.60. The van der Waals surface area contributed by atoms with Crippen LogP contribution in [-0.2, 0) is 20.7 Å². The molecule has 0 aliphatic heterocycles. The van der Waals surface area contributed by atoms with Crippen molar-refractivity contribution in [2.45, 2.75) is 45.4 Å². The second kappa shape index (κ2) is 10.2. The molecule has 1 aromatic rings. The fraction of sp³-hybridized carbons (Fsp3) is 0.529. The monoisotopic (exact) mass is 326 g/mol. The van der Waals surface area contributed by atoms with E-state index in [2.05, 4.69) is 0 Å². The van der Waals surface area contributed by atoms with Gasteiger partial charge in [0.05, 0.1) is 6.61 Å². The number of carboxylic acids is 1. The van der Waals surface area contributed by atoms with Gasteiger partial charge in [-0.3, -0.25) is 9.59 Å². The minimum atomic E-state index is -1.10. The molecule has 1 atom stereocenters. The highest BCUT2D eigenvalue weighted by atomic mass is 35.5. The van der Waals surface area contributed by atoms with Crippen LogP contribution in [-0.4, -0.2) is 23.7 Å². The second-order valence-corrected chi connectivity index (χ2v) is 5.66. The van der Waals surface area contributed by atoms with Gasteiger partial charge in [-0.2, -0.15) is 0 Å². The molecule has 4 nitrogen and oxygen atoms in total. The minimum absolute atomic E-state index is 0.212. The molecule has 0 aromatic heterocycles. The van der Waals surface area contributed by atoms with Crippen LogP contribution < -0.4 is 0 Å². The number of ether oxygens (including phenoxy) is 1. The highest BCUT2D eigenvalue weighted by Gasteiger charge is 2.26. The van der Waals surface area contributed by atoms with Crippen LogP contribution in [0.5, 0.6) is 0 Å². The molecular formula is C17H23ClO4. The summed E-state index contributed by atoms with van der Waals surface area (Å²) in [6.07, 6.45) is 5.01. The van der Waals surface area contributed by atoms with Gasteiger partial charge in [-0.1, -0.05) is 43.0 Å². The van der Waals surface area contributed by atoms with E-state index in [4.69, 9.17) is 21.4 Å². The number of unbranched alkanes of at least 4 members (excludes halogenated alkanes) is 3. The molecule has 0 spiro atoms. The summed E-state index contributed by atoms with van der Waals surface area (Å²) in [5, 5.41) is 9.77. The number of halogens is 1. The first-order valence-corrected chi connectivity index (χ1v) is 8.06. The SMILES string of the molecule is CCOC(=O)C(CCCCCCc1ccc(Cl)cc1)C(=O)O. The third-order valence-corrected chi connectivity index (χ3v) is 3.74. The molecular weight excluding hydrogens is 304 g/mol. The molecule has 122 valence electrons. The quantitative estimate of drug-likeness (QED) is 0.399. The Morgan fingerprint density at radius 3 is 2.36 bits per heavy atom. The van der Waals surface area contributed by atoms with Gasteiger partial charge < -0.3 is 9.84 Å². The third-order valence-electron chi connectivity index (χ3n) is 3.49. The average molecular weight is 327 g/mol. The van der Waals surface area contributed by atoms with Crippen LogP contribution in [0.4, 0.5) is 0 Å². The number of benzene rings is 1. The Balaban J connectivity index is 2.19. The van der Waals surface area contributed by atoms with Gasteiger partial charge in [-0.25, -0.2) is 0 Å². The summed E-state index contributed by atoms with van der Waals surface area (Å²) < 4.78 is 4.78. The molecule has 0 heterocycles. The largest absolute Gasteiger partial charge is 0.481 e. The molecule has 1 N–H and O–H groups in total. The summed E-state index contributed by atoms with van der Waals surface area (Å²) in [7, 11) is 0. The number of carbonyl (C=O) groups is 2. The zero-order valence-electron chi connectivity index (χ0n) is 12.9. The number of hydrogen-bond donors (Lipinski definition) is 1. The fourth-order valence-electron chi connectivity index (χ4n) is 2.27. The van der Waals surface area contributed by atoms with E-state index in [0.717, 1.165) is 37.1 Å². The van der Waals surface area contributed by atoms with Gasteiger partial charge in [-0.05, 0) is 43.9 Å². The zero-order chi connectivity index (χ0) is 16.4. The lowest BCUT2D eigenvalue weighted by atomic mass is 10.00. The van der Waals surface area contributed by atoms with E-state index in [0.29, 0.717) is 6.42 Å². The molecule has 0 amide bonds. The van der Waals surface area contributed by atoms with Crippen LogP contribution >= 0.6 is 11.6 Å². The van der Waals surface area contributed by atoms with E-state index in [1.807, 2.05) is 24.3 Å². The van der Waals surface area contributed by atoms with Gasteiger partial charge in [0.15, 0.2) is 5.92 Å². The Hall–Kier alpha value is -1.55. The highest BCUT2D eigenvalue weighted by molar-refractivity contribution is 6.30. The van der Waals surface area contributed by atoms with Gasteiger partial charge in [0.25, 0.3) is 0 Å². The predicted octanol–water partition coefficient (Wildman–Crippen LogP) is 4.10. The van der Waals surface area contributed by atoms with Crippen molar-refractivity contribution in [1.82, 2.24) is 0 Å². The lowest BCUT2D eigenvalue weighted by Crippen LogP contribution is -2.25. The lowest BCUT2D eigenvalue weighted by Gasteiger charge is -2.10. The van der Waals surface area contributed by atoms with E-state index in [9.17, 15) is 9.59 Å². The number of carboxylic acid groups (broad SMARTS) is 1. The molecule has 0 radical (unpaired) electrons. The number of aryl methyl sites for hydroxylation is 1. The molecule has 0 saturated carbocycles. The average Bonchev–Trinajstić information content (AvgIpc) is 2.48. The van der Waals surface area contributed by atoms with E-state index < -0.39 is 17.9 Å². The second-order valence-electron chi connectivity index (χ2n) is 5.22. The fourth-order valence-corrected chi connectivity index (χ4v) is 2.39. The number of carbonyl (C=O) groups excluding carboxylic acids is 1. The Morgan fingerprint density at radius 1 is 1.14 bits per heavy atom. The zero-order valence-corrected chi connectivity index (χ0v) is 13.6. The Labute approximate surface area is 136 Å². The van der Waals surface area contributed by atoms with E-state index in [1.165, 1.54) is 5.56 Å². The number of hydrogen-bond acceptors (Lipinski definition) is 3. The molecule has 1 unspecified atom stereocenters. The molecule has 1 aromatic carbocycles. The summed E-state index contributed by atoms with van der Waals surface area (Å²) in [6.45, 7) is 1.89.